The highest BCUT2D eigenvalue weighted by Crippen LogP contribution is 2.26. The Bertz CT molecular complexity index is 307. The molecule has 1 unspecified atom stereocenters. The van der Waals surface area contributed by atoms with Gasteiger partial charge in [0.15, 0.2) is 6.73 Å². The van der Waals surface area contributed by atoms with Crippen molar-refractivity contribution in [2.75, 3.05) is 32.1 Å². The zero-order valence-corrected chi connectivity index (χ0v) is 8.83. The largest absolute Gasteiger partial charge is 0.748 e. The van der Waals surface area contributed by atoms with Crippen LogP contribution >= 0.6 is 0 Å². The zero-order chi connectivity index (χ0) is 10.2. The van der Waals surface area contributed by atoms with Gasteiger partial charge in [0.1, 0.15) is 12.6 Å². The summed E-state index contributed by atoms with van der Waals surface area (Å²) in [5, 5.41) is 0. The minimum Gasteiger partial charge on any atom is -0.748 e. The van der Waals surface area contributed by atoms with Crippen LogP contribution in [-0.2, 0) is 14.9 Å². The molecule has 0 radical (unpaired) electrons. The predicted molar refractivity (Wildman–Crippen MR) is 48.4 cm³/mol. The van der Waals surface area contributed by atoms with E-state index in [2.05, 4.69) is 0 Å². The molecule has 0 amide bonds. The van der Waals surface area contributed by atoms with Gasteiger partial charge >= 0.3 is 0 Å². The molecule has 0 N–H and O–H groups in total. The average Bonchev–Trinajstić information content (AvgIpc) is 2.60. The minimum absolute atomic E-state index is 0.368. The molecule has 0 saturated carbocycles. The number of quaternary nitrogens is 1. The molecule has 2 rings (SSSR count). The third kappa shape index (κ3) is 2.25. The molecule has 2 fully saturated rings. The van der Waals surface area contributed by atoms with Crippen molar-refractivity contribution < 1.29 is 22.2 Å². The minimum atomic E-state index is -4.14. The molecule has 0 aromatic carbocycles. The maximum atomic E-state index is 10.5. The summed E-state index contributed by atoms with van der Waals surface area (Å²) in [7, 11) is -4.14. The fraction of sp³-hybridized carbons (Fsp3) is 1.00. The monoisotopic (exact) mass is 221 g/mol. The Morgan fingerprint density at radius 2 is 2.00 bits per heavy atom. The molecule has 82 valence electrons. The third-order valence-corrected chi connectivity index (χ3v) is 3.86. The van der Waals surface area contributed by atoms with Gasteiger partial charge < -0.3 is 9.29 Å². The Hall–Kier alpha value is -0.170. The summed E-state index contributed by atoms with van der Waals surface area (Å²) in [6.07, 6.45) is 1.98. The second kappa shape index (κ2) is 3.44. The molecule has 2 aliphatic rings. The highest BCUT2D eigenvalue weighted by atomic mass is 32.2. The van der Waals surface area contributed by atoms with Gasteiger partial charge in [-0.25, -0.2) is 8.42 Å². The molecule has 2 aliphatic heterocycles. The van der Waals surface area contributed by atoms with E-state index in [9.17, 15) is 13.0 Å². The number of rotatable bonds is 2. The van der Waals surface area contributed by atoms with Crippen molar-refractivity contribution in [2.45, 2.75) is 18.9 Å². The van der Waals surface area contributed by atoms with Crippen molar-refractivity contribution in [1.29, 1.82) is 0 Å². The summed E-state index contributed by atoms with van der Waals surface area (Å²) in [6, 6.07) is 0. The molecular weight excluding hydrogens is 206 g/mol. The first-order chi connectivity index (χ1) is 6.49. The van der Waals surface area contributed by atoms with Gasteiger partial charge in [0, 0.05) is 12.8 Å². The molecule has 1 spiro atoms. The van der Waals surface area contributed by atoms with Crippen LogP contribution in [0.25, 0.3) is 0 Å². The van der Waals surface area contributed by atoms with Crippen molar-refractivity contribution in [3.63, 3.8) is 0 Å². The summed E-state index contributed by atoms with van der Waals surface area (Å²) >= 11 is 0. The van der Waals surface area contributed by atoms with Gasteiger partial charge in [-0.05, 0) is 0 Å². The van der Waals surface area contributed by atoms with E-state index < -0.39 is 10.1 Å². The predicted octanol–water partition coefficient (Wildman–Crippen LogP) is -0.502. The quantitative estimate of drug-likeness (QED) is 0.465. The summed E-state index contributed by atoms with van der Waals surface area (Å²) in [6.45, 7) is 3.41. The third-order valence-electron chi connectivity index (χ3n) is 3.08. The van der Waals surface area contributed by atoms with E-state index in [0.29, 0.717) is 13.3 Å². The van der Waals surface area contributed by atoms with E-state index in [4.69, 9.17) is 4.74 Å². The van der Waals surface area contributed by atoms with Gasteiger partial charge in [-0.1, -0.05) is 0 Å². The summed E-state index contributed by atoms with van der Waals surface area (Å²) in [5.41, 5.74) is 0. The lowest BCUT2D eigenvalue weighted by atomic mass is 10.3. The van der Waals surface area contributed by atoms with Gasteiger partial charge in [-0.3, -0.25) is 4.48 Å². The van der Waals surface area contributed by atoms with Crippen molar-refractivity contribution in [3.05, 3.63) is 0 Å². The standard InChI is InChI=1S/C8H15NO4S/c10-14(11,12)6-8-5-9(7-13-8)3-1-2-4-9/h8H,1-7H2. The van der Waals surface area contributed by atoms with Crippen molar-refractivity contribution in [1.82, 2.24) is 0 Å². The van der Waals surface area contributed by atoms with Crippen molar-refractivity contribution in [2.24, 2.45) is 0 Å². The van der Waals surface area contributed by atoms with Crippen LogP contribution in [0.15, 0.2) is 0 Å². The second-order valence-corrected chi connectivity index (χ2v) is 5.77. The van der Waals surface area contributed by atoms with Gasteiger partial charge in [0.05, 0.1) is 29.0 Å². The fourth-order valence-corrected chi connectivity index (χ4v) is 3.10. The molecule has 2 saturated heterocycles. The van der Waals surface area contributed by atoms with E-state index in [0.717, 1.165) is 17.6 Å². The molecule has 6 heteroatoms. The van der Waals surface area contributed by atoms with Crippen molar-refractivity contribution in [3.8, 4) is 0 Å². The molecule has 2 heterocycles. The molecule has 14 heavy (non-hydrogen) atoms. The van der Waals surface area contributed by atoms with E-state index in [1.807, 2.05) is 0 Å². The maximum absolute atomic E-state index is 10.5. The van der Waals surface area contributed by atoms with Gasteiger partial charge in [-0.15, -0.1) is 0 Å². The van der Waals surface area contributed by atoms with Gasteiger partial charge in [0.25, 0.3) is 0 Å². The highest BCUT2D eigenvalue weighted by molar-refractivity contribution is 7.85. The summed E-state index contributed by atoms with van der Waals surface area (Å²) in [4.78, 5) is 0. The van der Waals surface area contributed by atoms with E-state index in [1.165, 1.54) is 12.8 Å². The number of nitrogens with zero attached hydrogens (tertiary/aromatic N) is 1. The Kier molecular flexibility index (Phi) is 2.55. The number of hydrogen-bond donors (Lipinski definition) is 0. The van der Waals surface area contributed by atoms with Crippen LogP contribution in [-0.4, -0.2) is 55.7 Å². The lowest BCUT2D eigenvalue weighted by molar-refractivity contribution is -0.914. The second-order valence-electron chi connectivity index (χ2n) is 4.32. The van der Waals surface area contributed by atoms with E-state index in [1.54, 1.807) is 0 Å². The SMILES string of the molecule is O=S(=O)([O-])CC1C[N+]2(CCCC2)CO1. The highest BCUT2D eigenvalue weighted by Gasteiger charge is 2.41. The van der Waals surface area contributed by atoms with Crippen LogP contribution in [0.2, 0.25) is 0 Å². The Morgan fingerprint density at radius 1 is 1.36 bits per heavy atom. The first-order valence-corrected chi connectivity index (χ1v) is 6.47. The first-order valence-electron chi connectivity index (χ1n) is 4.89. The molecule has 0 bridgehead atoms. The lowest BCUT2D eigenvalue weighted by Crippen LogP contribution is -2.44. The number of ether oxygens (including phenoxy) is 1. The van der Waals surface area contributed by atoms with Gasteiger partial charge in [-0.2, -0.15) is 0 Å². The molecule has 0 aromatic heterocycles. The molecular formula is C8H15NO4S. The fourth-order valence-electron chi connectivity index (χ4n) is 2.45. The average molecular weight is 221 g/mol. The zero-order valence-electron chi connectivity index (χ0n) is 8.02. The van der Waals surface area contributed by atoms with Crippen molar-refractivity contribution >= 4 is 10.1 Å². The number of hydrogen-bond acceptors (Lipinski definition) is 4. The van der Waals surface area contributed by atoms with Crippen LogP contribution in [0, 0.1) is 0 Å². The van der Waals surface area contributed by atoms with E-state index in [-0.39, 0.29) is 11.9 Å². The maximum Gasteiger partial charge on any atom is 0.183 e. The van der Waals surface area contributed by atoms with E-state index >= 15 is 0 Å². The molecule has 0 aromatic rings. The molecule has 0 aliphatic carbocycles. The smallest absolute Gasteiger partial charge is 0.183 e. The van der Waals surface area contributed by atoms with Crippen LogP contribution in [0.4, 0.5) is 0 Å². The van der Waals surface area contributed by atoms with Crippen LogP contribution < -0.4 is 0 Å². The van der Waals surface area contributed by atoms with Crippen LogP contribution in [0.3, 0.4) is 0 Å². The first kappa shape index (κ1) is 10.4. The Balaban J connectivity index is 1.94. The molecule has 1 atom stereocenters. The lowest BCUT2D eigenvalue weighted by Gasteiger charge is -2.26. The normalized spacial score (nSPS) is 31.4. The Morgan fingerprint density at radius 3 is 2.57 bits per heavy atom. The Labute approximate surface area is 84.0 Å². The van der Waals surface area contributed by atoms with Crippen LogP contribution in [0.5, 0.6) is 0 Å². The topological polar surface area (TPSA) is 66.4 Å². The molecule has 5 nitrogen and oxygen atoms in total. The van der Waals surface area contributed by atoms with Gasteiger partial charge in [0.2, 0.25) is 0 Å². The summed E-state index contributed by atoms with van der Waals surface area (Å²) < 4.78 is 37.9. The summed E-state index contributed by atoms with van der Waals surface area (Å²) in [5.74, 6) is -0.368. The van der Waals surface area contributed by atoms with Crippen LogP contribution in [0.1, 0.15) is 12.8 Å².